The number of rotatable bonds is 16. The number of carbonyl (C=O) groups is 2. The number of amides is 2. The van der Waals surface area contributed by atoms with Crippen LogP contribution in [-0.2, 0) is 23.7 Å². The molecule has 0 spiro atoms. The Kier molecular flexibility index (Phi) is 14.6. The average Bonchev–Trinajstić information content (AvgIpc) is 2.94. The molecule has 1 aliphatic rings. The number of hydrogen-bond donors (Lipinski definition) is 10. The second-order valence-corrected chi connectivity index (χ2v) is 9.12. The molecule has 17 heteroatoms. The van der Waals surface area contributed by atoms with Crippen molar-refractivity contribution in [1.29, 1.82) is 0 Å². The molecule has 1 heterocycles. The lowest BCUT2D eigenvalue weighted by molar-refractivity contribution is -0.515. The molecule has 0 bridgehead atoms. The van der Waals surface area contributed by atoms with E-state index in [0.717, 1.165) is 6.08 Å². The zero-order chi connectivity index (χ0) is 29.9. The summed E-state index contributed by atoms with van der Waals surface area (Å²) in [5, 5.41) is 96.0. The van der Waals surface area contributed by atoms with Crippen LogP contribution < -0.4 is 15.7 Å². The summed E-state index contributed by atoms with van der Waals surface area (Å²) in [6.07, 6.45) is -16.9. The second-order valence-electron chi connectivity index (χ2n) is 9.12. The van der Waals surface area contributed by atoms with Gasteiger partial charge in [0.1, 0.15) is 42.7 Å². The highest BCUT2D eigenvalue weighted by molar-refractivity contribution is 5.87. The molecule has 17 nitrogen and oxygen atoms in total. The molecular weight excluding hydrogens is 532 g/mol. The summed E-state index contributed by atoms with van der Waals surface area (Å²) in [5.74, 6) is -1.77. The van der Waals surface area contributed by atoms with E-state index in [1.54, 1.807) is 0 Å². The lowest BCUT2D eigenvalue weighted by Gasteiger charge is -2.42. The quantitative estimate of drug-likeness (QED) is 0.0609. The summed E-state index contributed by atoms with van der Waals surface area (Å²) in [7, 11) is 1.23. The Bertz CT molecular complexity index is 774. The number of aliphatic hydroxyl groups excluding tert-OH is 8. The number of carbonyl (C=O) groups excluding carboxylic acids is 2. The van der Waals surface area contributed by atoms with Gasteiger partial charge in [0.2, 0.25) is 5.91 Å². The van der Waals surface area contributed by atoms with Crippen LogP contribution in [0.1, 0.15) is 6.92 Å². The number of aliphatic hydroxyl groups is 8. The first kappa shape index (κ1) is 35.0. The third kappa shape index (κ3) is 9.85. The highest BCUT2D eigenvalue weighted by Crippen LogP contribution is 2.24. The first-order valence-corrected chi connectivity index (χ1v) is 11.9. The van der Waals surface area contributed by atoms with Gasteiger partial charge in [-0.15, -0.1) is 0 Å². The Morgan fingerprint density at radius 1 is 1.05 bits per heavy atom. The number of alkyl carbamates (subject to hydrolysis) is 1. The lowest BCUT2D eigenvalue weighted by atomic mass is 9.96. The molecule has 0 radical (unpaired) electrons. The van der Waals surface area contributed by atoms with E-state index in [4.69, 9.17) is 24.1 Å². The van der Waals surface area contributed by atoms with E-state index in [-0.39, 0.29) is 0 Å². The molecule has 11 atom stereocenters. The molecule has 0 aromatic rings. The van der Waals surface area contributed by atoms with Crippen LogP contribution in [-0.4, -0.2) is 154 Å². The van der Waals surface area contributed by atoms with E-state index in [1.807, 2.05) is 0 Å². The van der Waals surface area contributed by atoms with Crippen LogP contribution in [0.4, 0.5) is 4.79 Å². The average molecular weight is 572 g/mol. The molecule has 0 aromatic heterocycles. The fourth-order valence-electron chi connectivity index (χ4n) is 3.42. The monoisotopic (exact) mass is 571 g/mol. The van der Waals surface area contributed by atoms with E-state index in [2.05, 4.69) is 17.2 Å². The van der Waals surface area contributed by atoms with Crippen molar-refractivity contribution in [3.05, 3.63) is 12.7 Å². The summed E-state index contributed by atoms with van der Waals surface area (Å²) in [5.41, 5.74) is -1.94. The van der Waals surface area contributed by atoms with Crippen molar-refractivity contribution < 1.29 is 74.5 Å². The van der Waals surface area contributed by atoms with Gasteiger partial charge in [-0.1, -0.05) is 13.5 Å². The minimum absolute atomic E-state index is 0.557. The van der Waals surface area contributed by atoms with Crippen molar-refractivity contribution in [2.75, 3.05) is 40.1 Å². The van der Waals surface area contributed by atoms with Crippen molar-refractivity contribution in [3.63, 3.8) is 0 Å². The van der Waals surface area contributed by atoms with Crippen molar-refractivity contribution in [1.82, 2.24) is 10.6 Å². The fraction of sp³-hybridized carbons (Fsp3) is 0.818. The Morgan fingerprint density at radius 2 is 1.69 bits per heavy atom. The molecule has 0 saturated carbocycles. The van der Waals surface area contributed by atoms with Crippen LogP contribution in [0.15, 0.2) is 12.7 Å². The summed E-state index contributed by atoms with van der Waals surface area (Å²) >= 11 is 0. The lowest BCUT2D eigenvalue weighted by Crippen LogP contribution is -2.63. The zero-order valence-corrected chi connectivity index (χ0v) is 21.5. The van der Waals surface area contributed by atoms with Crippen LogP contribution in [0.5, 0.6) is 0 Å². The van der Waals surface area contributed by atoms with Gasteiger partial charge in [-0.25, -0.2) is 4.79 Å². The zero-order valence-electron chi connectivity index (χ0n) is 21.5. The van der Waals surface area contributed by atoms with Crippen LogP contribution >= 0.6 is 0 Å². The van der Waals surface area contributed by atoms with Crippen LogP contribution in [0.2, 0.25) is 0 Å². The molecule has 0 aliphatic carbocycles. The van der Waals surface area contributed by atoms with Gasteiger partial charge >= 0.3 is 6.09 Å². The van der Waals surface area contributed by atoms with E-state index < -0.39 is 112 Å². The number of ether oxygens (including phenoxy) is 4. The Morgan fingerprint density at radius 3 is 2.23 bits per heavy atom. The Balaban J connectivity index is 3.17. The van der Waals surface area contributed by atoms with Gasteiger partial charge in [0, 0.05) is 25.9 Å². The van der Waals surface area contributed by atoms with Gasteiger partial charge in [0.15, 0.2) is 6.29 Å². The van der Waals surface area contributed by atoms with Crippen LogP contribution in [0, 0.1) is 5.92 Å². The smallest absolute Gasteiger partial charge is 0.406 e. The standard InChI is InChI=1S/C22H39N2O15/c1-4-12(27)24-22(9-38-21(35)23-3,7-36-19(34)17(32)15(30)13(28)10(2)5-25)8-37-20-18(33)16(31)14(29)11(6-26)39-20/h4,10-11,13-20,25-26,28-33H,1,5-9H2,2-3H3,(H,23,35)(H,24,27)/q-1/t10?,11?,13-,14-,15?,16?,17?,18?,19+,20-,22?/m1/s1. The second kappa shape index (κ2) is 16.3. The SMILES string of the molecule is C=CC(=O)NC(COC(=O)NC)(CO[C@@H]1OC(CO)[C@@H](O)C(O)C1O)CO[C@H]([O-])C(O)C(O)[C@H](O)C(C)CO. The van der Waals surface area contributed by atoms with Crippen LogP contribution in [0.25, 0.3) is 0 Å². The van der Waals surface area contributed by atoms with E-state index >= 15 is 0 Å². The van der Waals surface area contributed by atoms with Crippen molar-refractivity contribution in [2.45, 2.75) is 67.8 Å². The Labute approximate surface area is 224 Å². The first-order chi connectivity index (χ1) is 18.3. The van der Waals surface area contributed by atoms with Gasteiger partial charge in [-0.05, 0) is 6.08 Å². The largest absolute Gasteiger partial charge is 0.829 e. The molecular formula is C22H39N2O15-. The summed E-state index contributed by atoms with van der Waals surface area (Å²) < 4.78 is 20.8. The maximum absolute atomic E-state index is 12.5. The highest BCUT2D eigenvalue weighted by Gasteiger charge is 2.46. The molecule has 228 valence electrons. The summed E-state index contributed by atoms with van der Waals surface area (Å²) in [4.78, 5) is 24.0. The molecule has 1 aliphatic heterocycles. The van der Waals surface area contributed by atoms with Gasteiger partial charge in [0.05, 0.1) is 32.0 Å². The van der Waals surface area contributed by atoms with Gasteiger partial charge in [0.25, 0.3) is 0 Å². The van der Waals surface area contributed by atoms with E-state index in [9.17, 15) is 50.4 Å². The van der Waals surface area contributed by atoms with Crippen LogP contribution in [0.3, 0.4) is 0 Å². The van der Waals surface area contributed by atoms with Gasteiger partial charge < -0.3 is 75.5 Å². The minimum atomic E-state index is -2.44. The topological polar surface area (TPSA) is 280 Å². The van der Waals surface area contributed by atoms with E-state index in [0.29, 0.717) is 0 Å². The molecule has 39 heavy (non-hydrogen) atoms. The number of nitrogens with one attached hydrogen (secondary N) is 2. The predicted octanol–water partition coefficient (Wildman–Crippen LogP) is -6.39. The maximum Gasteiger partial charge on any atom is 0.406 e. The molecule has 10 N–H and O–H groups in total. The van der Waals surface area contributed by atoms with Gasteiger partial charge in [-0.3, -0.25) is 4.79 Å². The first-order valence-electron chi connectivity index (χ1n) is 11.9. The molecule has 7 unspecified atom stereocenters. The number of hydrogen-bond acceptors (Lipinski definition) is 15. The van der Waals surface area contributed by atoms with Gasteiger partial charge in [-0.2, -0.15) is 0 Å². The normalized spacial score (nSPS) is 28.7. The summed E-state index contributed by atoms with van der Waals surface area (Å²) in [6, 6.07) is 0. The van der Waals surface area contributed by atoms with Crippen molar-refractivity contribution >= 4 is 12.0 Å². The summed E-state index contributed by atoms with van der Waals surface area (Å²) in [6.45, 7) is 0.991. The van der Waals surface area contributed by atoms with Crippen molar-refractivity contribution in [2.24, 2.45) is 5.92 Å². The maximum atomic E-state index is 12.5. The fourth-order valence-corrected chi connectivity index (χ4v) is 3.42. The van der Waals surface area contributed by atoms with E-state index in [1.165, 1.54) is 14.0 Å². The molecule has 1 fully saturated rings. The predicted molar refractivity (Wildman–Crippen MR) is 125 cm³/mol. The Hall–Kier alpha value is -2.00. The highest BCUT2D eigenvalue weighted by atomic mass is 16.7. The van der Waals surface area contributed by atoms with Crippen molar-refractivity contribution in [3.8, 4) is 0 Å². The molecule has 2 amide bonds. The molecule has 0 aromatic carbocycles. The molecule has 1 saturated heterocycles. The molecule has 1 rings (SSSR count). The minimum Gasteiger partial charge on any atom is -0.829 e. The third-order valence-corrected chi connectivity index (χ3v) is 6.00. The third-order valence-electron chi connectivity index (χ3n) is 6.00.